The predicted molar refractivity (Wildman–Crippen MR) is 56.0 cm³/mol. The lowest BCUT2D eigenvalue weighted by Gasteiger charge is -2.44. The first-order valence-electron chi connectivity index (χ1n) is 5.81. The van der Waals surface area contributed by atoms with E-state index in [1.165, 1.54) is 25.9 Å². The van der Waals surface area contributed by atoms with Gasteiger partial charge in [0, 0.05) is 19.0 Å². The molecule has 3 rings (SSSR count). The summed E-state index contributed by atoms with van der Waals surface area (Å²) in [4.78, 5) is 13.9. The van der Waals surface area contributed by atoms with Gasteiger partial charge >= 0.3 is 0 Å². The van der Waals surface area contributed by atoms with Crippen molar-refractivity contribution in [2.45, 2.75) is 38.6 Å². The van der Waals surface area contributed by atoms with Gasteiger partial charge in [0.25, 0.3) is 0 Å². The molecular weight excluding hydrogens is 176 g/mol. The molecule has 1 atom stereocenters. The Balaban J connectivity index is 1.83. The van der Waals surface area contributed by atoms with Crippen molar-refractivity contribution in [1.82, 2.24) is 10.2 Å². The van der Waals surface area contributed by atoms with Crippen LogP contribution in [-0.4, -0.2) is 36.5 Å². The number of carbonyl (C=O) groups excluding carboxylic acids is 1. The number of fused-ring (bicyclic) bond motifs is 3. The molecule has 0 aliphatic carbocycles. The molecule has 3 nitrogen and oxygen atoms in total. The van der Waals surface area contributed by atoms with Crippen molar-refractivity contribution in [1.29, 1.82) is 0 Å². The van der Waals surface area contributed by atoms with Crippen molar-refractivity contribution in [3.8, 4) is 0 Å². The van der Waals surface area contributed by atoms with Crippen LogP contribution in [0.15, 0.2) is 0 Å². The topological polar surface area (TPSA) is 32.3 Å². The minimum Gasteiger partial charge on any atom is -0.352 e. The average molecular weight is 196 g/mol. The first kappa shape index (κ1) is 9.97. The van der Waals surface area contributed by atoms with Crippen LogP contribution in [0.5, 0.6) is 0 Å². The third-order valence-corrected chi connectivity index (χ3v) is 3.48. The molecule has 14 heavy (non-hydrogen) atoms. The Morgan fingerprint density at radius 2 is 2.14 bits per heavy atom. The fourth-order valence-corrected chi connectivity index (χ4v) is 2.63. The maximum absolute atomic E-state index is 11.5. The molecule has 0 radical (unpaired) electrons. The molecule has 0 aromatic rings. The van der Waals surface area contributed by atoms with E-state index in [0.29, 0.717) is 12.5 Å². The smallest absolute Gasteiger partial charge is 0.220 e. The number of nitrogens with zero attached hydrogens (tertiary/aromatic N) is 1. The molecule has 1 N–H and O–H groups in total. The highest BCUT2D eigenvalue weighted by molar-refractivity contribution is 5.76. The summed E-state index contributed by atoms with van der Waals surface area (Å²) < 4.78 is 0. The van der Waals surface area contributed by atoms with Gasteiger partial charge in [-0.05, 0) is 38.3 Å². The Morgan fingerprint density at radius 3 is 2.64 bits per heavy atom. The van der Waals surface area contributed by atoms with Gasteiger partial charge in [-0.1, -0.05) is 6.92 Å². The lowest BCUT2D eigenvalue weighted by molar-refractivity contribution is -0.123. The number of rotatable bonds is 3. The normalized spacial score (nSPS) is 35.6. The van der Waals surface area contributed by atoms with Crippen LogP contribution in [0.3, 0.4) is 0 Å². The first-order valence-corrected chi connectivity index (χ1v) is 5.81. The number of hydrogen-bond acceptors (Lipinski definition) is 2. The molecule has 1 amide bonds. The molecule has 3 fully saturated rings. The molecule has 3 aliphatic heterocycles. The van der Waals surface area contributed by atoms with Gasteiger partial charge in [0.05, 0.1) is 0 Å². The van der Waals surface area contributed by atoms with E-state index in [9.17, 15) is 4.79 Å². The number of nitrogens with one attached hydrogen (secondary N) is 1. The van der Waals surface area contributed by atoms with E-state index in [2.05, 4.69) is 17.1 Å². The molecule has 80 valence electrons. The number of amides is 1. The summed E-state index contributed by atoms with van der Waals surface area (Å²) >= 11 is 0. The van der Waals surface area contributed by atoms with Gasteiger partial charge in [-0.25, -0.2) is 0 Å². The second-order valence-corrected chi connectivity index (χ2v) is 4.56. The first-order chi connectivity index (χ1) is 6.79. The Bertz CT molecular complexity index is 209. The van der Waals surface area contributed by atoms with Crippen LogP contribution >= 0.6 is 0 Å². The Hall–Kier alpha value is -0.570. The highest BCUT2D eigenvalue weighted by Crippen LogP contribution is 2.27. The van der Waals surface area contributed by atoms with E-state index in [1.807, 2.05) is 0 Å². The van der Waals surface area contributed by atoms with Crippen LogP contribution in [0.4, 0.5) is 0 Å². The zero-order valence-electron chi connectivity index (χ0n) is 8.96. The highest BCUT2D eigenvalue weighted by atomic mass is 16.1. The van der Waals surface area contributed by atoms with E-state index >= 15 is 0 Å². The Labute approximate surface area is 85.8 Å². The summed E-state index contributed by atoms with van der Waals surface area (Å²) in [5.74, 6) is 0.993. The SMILES string of the molecule is CCCC(=O)N[C@H]1CN2CCC1CC2. The summed E-state index contributed by atoms with van der Waals surface area (Å²) in [5.41, 5.74) is 0. The van der Waals surface area contributed by atoms with Crippen LogP contribution in [-0.2, 0) is 4.79 Å². The molecule has 3 saturated heterocycles. The zero-order valence-corrected chi connectivity index (χ0v) is 8.96. The van der Waals surface area contributed by atoms with E-state index in [0.717, 1.165) is 18.9 Å². The summed E-state index contributed by atoms with van der Waals surface area (Å²) in [6.07, 6.45) is 4.18. The van der Waals surface area contributed by atoms with Gasteiger partial charge in [-0.2, -0.15) is 0 Å². The minimum absolute atomic E-state index is 0.242. The molecule has 0 saturated carbocycles. The van der Waals surface area contributed by atoms with E-state index in [4.69, 9.17) is 0 Å². The second-order valence-electron chi connectivity index (χ2n) is 4.56. The zero-order chi connectivity index (χ0) is 9.97. The lowest BCUT2D eigenvalue weighted by Crippen LogP contribution is -2.57. The van der Waals surface area contributed by atoms with Crippen LogP contribution < -0.4 is 5.32 Å². The van der Waals surface area contributed by atoms with Gasteiger partial charge in [0.1, 0.15) is 0 Å². The predicted octanol–water partition coefficient (Wildman–Crippen LogP) is 0.997. The van der Waals surface area contributed by atoms with Gasteiger partial charge < -0.3 is 10.2 Å². The molecule has 2 bridgehead atoms. The van der Waals surface area contributed by atoms with Crippen LogP contribution in [0.1, 0.15) is 32.6 Å². The van der Waals surface area contributed by atoms with Gasteiger partial charge in [-0.15, -0.1) is 0 Å². The maximum atomic E-state index is 11.5. The molecule has 0 aromatic heterocycles. The van der Waals surface area contributed by atoms with E-state index in [-0.39, 0.29) is 5.91 Å². The van der Waals surface area contributed by atoms with E-state index < -0.39 is 0 Å². The molecule has 0 aromatic carbocycles. The summed E-state index contributed by atoms with van der Waals surface area (Å²) in [7, 11) is 0. The fourth-order valence-electron chi connectivity index (χ4n) is 2.63. The Kier molecular flexibility index (Phi) is 3.06. The van der Waals surface area contributed by atoms with Crippen molar-refractivity contribution < 1.29 is 4.79 Å². The summed E-state index contributed by atoms with van der Waals surface area (Å²) in [6, 6.07) is 0.441. The molecule has 0 unspecified atom stereocenters. The van der Waals surface area contributed by atoms with Crippen LogP contribution in [0, 0.1) is 5.92 Å². The average Bonchev–Trinajstić information content (AvgIpc) is 2.19. The molecule has 0 spiro atoms. The van der Waals surface area contributed by atoms with Crippen LogP contribution in [0.2, 0.25) is 0 Å². The number of hydrogen-bond donors (Lipinski definition) is 1. The summed E-state index contributed by atoms with van der Waals surface area (Å²) in [5, 5.41) is 3.17. The quantitative estimate of drug-likeness (QED) is 0.730. The standard InChI is InChI=1S/C11H20N2O/c1-2-3-11(14)12-10-8-13-6-4-9(10)5-7-13/h9-10H,2-8H2,1H3,(H,12,14)/t10-/m0/s1. The van der Waals surface area contributed by atoms with Crippen molar-refractivity contribution in [2.24, 2.45) is 5.92 Å². The molecule has 3 heterocycles. The minimum atomic E-state index is 0.242. The third-order valence-electron chi connectivity index (χ3n) is 3.48. The lowest BCUT2D eigenvalue weighted by atomic mass is 9.84. The van der Waals surface area contributed by atoms with Crippen molar-refractivity contribution in [3.05, 3.63) is 0 Å². The number of carbonyl (C=O) groups is 1. The van der Waals surface area contributed by atoms with E-state index in [1.54, 1.807) is 0 Å². The second kappa shape index (κ2) is 4.30. The summed E-state index contributed by atoms with van der Waals surface area (Å²) in [6.45, 7) is 5.62. The van der Waals surface area contributed by atoms with Gasteiger partial charge in [0.15, 0.2) is 0 Å². The molecular formula is C11H20N2O. The Morgan fingerprint density at radius 1 is 1.43 bits per heavy atom. The van der Waals surface area contributed by atoms with Crippen LogP contribution in [0.25, 0.3) is 0 Å². The third kappa shape index (κ3) is 2.08. The number of piperidine rings is 3. The van der Waals surface area contributed by atoms with Crippen molar-refractivity contribution in [2.75, 3.05) is 19.6 Å². The largest absolute Gasteiger partial charge is 0.352 e. The van der Waals surface area contributed by atoms with Crippen molar-refractivity contribution >= 4 is 5.91 Å². The van der Waals surface area contributed by atoms with Crippen molar-refractivity contribution in [3.63, 3.8) is 0 Å². The molecule has 3 heteroatoms. The van der Waals surface area contributed by atoms with Gasteiger partial charge in [-0.3, -0.25) is 4.79 Å². The van der Waals surface area contributed by atoms with Gasteiger partial charge in [0.2, 0.25) is 5.91 Å². The molecule has 3 aliphatic rings. The maximum Gasteiger partial charge on any atom is 0.220 e. The fraction of sp³-hybridized carbons (Fsp3) is 0.909. The highest BCUT2D eigenvalue weighted by Gasteiger charge is 2.34. The monoisotopic (exact) mass is 196 g/mol.